The summed E-state index contributed by atoms with van der Waals surface area (Å²) < 4.78 is 1.87. The Kier molecular flexibility index (Phi) is 2.26. The second-order valence-electron chi connectivity index (χ2n) is 2.78. The molecule has 0 bridgehead atoms. The fourth-order valence-corrected chi connectivity index (χ4v) is 1.42. The van der Waals surface area contributed by atoms with Gasteiger partial charge in [0.1, 0.15) is 0 Å². The summed E-state index contributed by atoms with van der Waals surface area (Å²) in [5.74, 6) is 2.51. The van der Waals surface area contributed by atoms with Crippen LogP contribution in [-0.2, 0) is 0 Å². The topological polar surface area (TPSA) is 17.8 Å². The zero-order valence-corrected chi connectivity index (χ0v) is 8.07. The van der Waals surface area contributed by atoms with Crippen molar-refractivity contribution in [2.45, 2.75) is 0 Å². The molecule has 0 aliphatic rings. The summed E-state index contributed by atoms with van der Waals surface area (Å²) in [4.78, 5) is 3.95. The molecule has 0 radical (unpaired) electrons. The molecule has 1 heterocycles. The fraction of sp³-hybridized carbons (Fsp3) is 0. The van der Waals surface area contributed by atoms with Gasteiger partial charge in [-0.1, -0.05) is 17.5 Å². The normalized spacial score (nSPS) is 9.71. The molecule has 1 aromatic carbocycles. The number of aromatic nitrogens is 2. The van der Waals surface area contributed by atoms with Gasteiger partial charge in [-0.2, -0.15) is 0 Å². The molecule has 0 aliphatic heterocycles. The van der Waals surface area contributed by atoms with Crippen molar-refractivity contribution in [1.82, 2.24) is 9.55 Å². The first kappa shape index (κ1) is 8.86. The van der Waals surface area contributed by atoms with E-state index in [0.29, 0.717) is 10.6 Å². The number of terminal acetylenes is 1. The molecule has 0 atom stereocenters. The molecule has 2 aromatic rings. The van der Waals surface area contributed by atoms with Crippen LogP contribution < -0.4 is 0 Å². The summed E-state index contributed by atoms with van der Waals surface area (Å²) in [5, 5.41) is 0.582. The van der Waals surface area contributed by atoms with E-state index in [-0.39, 0.29) is 0 Å². The van der Waals surface area contributed by atoms with Crippen LogP contribution in [0.25, 0.3) is 5.69 Å². The van der Waals surface area contributed by atoms with E-state index in [2.05, 4.69) is 10.9 Å². The predicted molar refractivity (Wildman–Crippen MR) is 56.5 cm³/mol. The van der Waals surface area contributed by atoms with Gasteiger partial charge in [0.05, 0.1) is 11.3 Å². The van der Waals surface area contributed by atoms with Gasteiger partial charge < -0.3 is 4.57 Å². The summed E-state index contributed by atoms with van der Waals surface area (Å²) in [6, 6.07) is 5.54. The van der Waals surface area contributed by atoms with Crippen LogP contribution >= 0.6 is 11.6 Å². The molecule has 2 rings (SSSR count). The summed E-state index contributed by atoms with van der Waals surface area (Å²) in [5.41, 5.74) is 1.65. The van der Waals surface area contributed by atoms with Crippen LogP contribution in [0.3, 0.4) is 0 Å². The number of imidazole rings is 1. The number of benzene rings is 1. The van der Waals surface area contributed by atoms with E-state index in [1.807, 2.05) is 29.0 Å². The Hall–Kier alpha value is -1.72. The Balaban J connectivity index is 2.49. The van der Waals surface area contributed by atoms with Crippen molar-refractivity contribution in [2.75, 3.05) is 0 Å². The highest BCUT2D eigenvalue weighted by Crippen LogP contribution is 2.19. The Morgan fingerprint density at radius 1 is 1.43 bits per heavy atom. The maximum absolute atomic E-state index is 5.97. The van der Waals surface area contributed by atoms with E-state index in [4.69, 9.17) is 18.0 Å². The van der Waals surface area contributed by atoms with Gasteiger partial charge in [-0.15, -0.1) is 6.42 Å². The van der Waals surface area contributed by atoms with Crippen molar-refractivity contribution in [1.29, 1.82) is 0 Å². The second-order valence-corrected chi connectivity index (χ2v) is 3.19. The van der Waals surface area contributed by atoms with Crippen LogP contribution in [0.2, 0.25) is 5.02 Å². The van der Waals surface area contributed by atoms with E-state index in [0.717, 1.165) is 5.69 Å². The second kappa shape index (κ2) is 3.57. The van der Waals surface area contributed by atoms with Crippen LogP contribution in [0.15, 0.2) is 36.9 Å². The molecular formula is C11H7ClN2. The molecule has 0 saturated heterocycles. The third kappa shape index (κ3) is 1.50. The molecule has 14 heavy (non-hydrogen) atoms. The molecule has 0 saturated carbocycles. The van der Waals surface area contributed by atoms with Gasteiger partial charge >= 0.3 is 0 Å². The highest BCUT2D eigenvalue weighted by molar-refractivity contribution is 6.31. The largest absolute Gasteiger partial charge is 0.306 e. The summed E-state index contributed by atoms with van der Waals surface area (Å²) in [6.07, 6.45) is 10.5. The maximum atomic E-state index is 5.97. The highest BCUT2D eigenvalue weighted by atomic mass is 35.5. The van der Waals surface area contributed by atoms with E-state index in [1.165, 1.54) is 0 Å². The van der Waals surface area contributed by atoms with Crippen molar-refractivity contribution >= 4 is 11.6 Å². The molecular weight excluding hydrogens is 196 g/mol. The summed E-state index contributed by atoms with van der Waals surface area (Å²) >= 11 is 5.97. The van der Waals surface area contributed by atoms with Crippen molar-refractivity contribution in [3.8, 4) is 18.0 Å². The monoisotopic (exact) mass is 202 g/mol. The third-order valence-corrected chi connectivity index (χ3v) is 2.22. The number of hydrogen-bond acceptors (Lipinski definition) is 1. The lowest BCUT2D eigenvalue weighted by Crippen LogP contribution is -1.90. The number of rotatable bonds is 1. The van der Waals surface area contributed by atoms with E-state index < -0.39 is 0 Å². The van der Waals surface area contributed by atoms with Crippen molar-refractivity contribution in [3.05, 3.63) is 47.5 Å². The number of halogens is 1. The molecule has 2 nitrogen and oxygen atoms in total. The molecule has 1 aromatic heterocycles. The van der Waals surface area contributed by atoms with Crippen LogP contribution in [-0.4, -0.2) is 9.55 Å². The third-order valence-electron chi connectivity index (χ3n) is 1.91. The minimum atomic E-state index is 0.582. The zero-order chi connectivity index (χ0) is 9.97. The lowest BCUT2D eigenvalue weighted by Gasteiger charge is -2.03. The van der Waals surface area contributed by atoms with Crippen LogP contribution in [0, 0.1) is 12.3 Å². The minimum Gasteiger partial charge on any atom is -0.306 e. The molecule has 0 fully saturated rings. The Bertz CT molecular complexity index is 480. The highest BCUT2D eigenvalue weighted by Gasteiger charge is 2.00. The van der Waals surface area contributed by atoms with Crippen LogP contribution in [0.1, 0.15) is 5.56 Å². The average Bonchev–Trinajstić information content (AvgIpc) is 2.70. The first-order valence-electron chi connectivity index (χ1n) is 4.06. The van der Waals surface area contributed by atoms with Gasteiger partial charge in [-0.25, -0.2) is 4.98 Å². The molecule has 0 N–H and O–H groups in total. The molecule has 3 heteroatoms. The van der Waals surface area contributed by atoms with Gasteiger partial charge in [-0.3, -0.25) is 0 Å². The van der Waals surface area contributed by atoms with Crippen LogP contribution in [0.4, 0.5) is 0 Å². The fourth-order valence-electron chi connectivity index (χ4n) is 1.19. The minimum absolute atomic E-state index is 0.582. The van der Waals surface area contributed by atoms with Crippen LogP contribution in [0.5, 0.6) is 0 Å². The van der Waals surface area contributed by atoms with Gasteiger partial charge in [0, 0.05) is 23.6 Å². The Labute approximate surface area is 87.2 Å². The van der Waals surface area contributed by atoms with Crippen molar-refractivity contribution in [3.63, 3.8) is 0 Å². The zero-order valence-electron chi connectivity index (χ0n) is 7.31. The SMILES string of the molecule is C#Cc1ccc(-n2ccnc2)cc1Cl. The molecule has 0 unspecified atom stereocenters. The first-order valence-corrected chi connectivity index (χ1v) is 4.43. The van der Waals surface area contributed by atoms with Gasteiger partial charge in [0.2, 0.25) is 0 Å². The average molecular weight is 203 g/mol. The number of hydrogen-bond donors (Lipinski definition) is 0. The number of nitrogens with zero attached hydrogens (tertiary/aromatic N) is 2. The molecule has 0 amide bonds. The first-order chi connectivity index (χ1) is 6.81. The lowest BCUT2D eigenvalue weighted by molar-refractivity contribution is 1.06. The predicted octanol–water partition coefficient (Wildman–Crippen LogP) is 2.51. The lowest BCUT2D eigenvalue weighted by atomic mass is 10.2. The van der Waals surface area contributed by atoms with E-state index in [9.17, 15) is 0 Å². The Morgan fingerprint density at radius 2 is 2.29 bits per heavy atom. The molecule has 68 valence electrons. The molecule has 0 aliphatic carbocycles. The molecule has 0 spiro atoms. The van der Waals surface area contributed by atoms with Crippen molar-refractivity contribution < 1.29 is 0 Å². The van der Waals surface area contributed by atoms with E-state index in [1.54, 1.807) is 12.5 Å². The standard InChI is InChI=1S/C11H7ClN2/c1-2-9-3-4-10(7-11(9)12)14-6-5-13-8-14/h1,3-8H. The van der Waals surface area contributed by atoms with E-state index >= 15 is 0 Å². The van der Waals surface area contributed by atoms with Gasteiger partial charge in [-0.05, 0) is 18.2 Å². The smallest absolute Gasteiger partial charge is 0.0991 e. The van der Waals surface area contributed by atoms with Gasteiger partial charge in [0.25, 0.3) is 0 Å². The summed E-state index contributed by atoms with van der Waals surface area (Å²) in [7, 11) is 0. The Morgan fingerprint density at radius 3 is 2.86 bits per heavy atom. The summed E-state index contributed by atoms with van der Waals surface area (Å²) in [6.45, 7) is 0. The van der Waals surface area contributed by atoms with Crippen molar-refractivity contribution in [2.24, 2.45) is 0 Å². The quantitative estimate of drug-likeness (QED) is 0.650. The maximum Gasteiger partial charge on any atom is 0.0991 e. The van der Waals surface area contributed by atoms with Gasteiger partial charge in [0.15, 0.2) is 0 Å².